The number of carbonyl (C=O) groups excluding carboxylic acids is 1. The van der Waals surface area contributed by atoms with Gasteiger partial charge in [0.25, 0.3) is 0 Å². The third-order valence-corrected chi connectivity index (χ3v) is 4.03. The van der Waals surface area contributed by atoms with Gasteiger partial charge < -0.3 is 9.67 Å². The van der Waals surface area contributed by atoms with Crippen molar-refractivity contribution in [2.75, 3.05) is 0 Å². The van der Waals surface area contributed by atoms with Crippen LogP contribution in [0, 0.1) is 17.8 Å². The Morgan fingerprint density at radius 3 is 2.54 bits per heavy atom. The lowest BCUT2D eigenvalue weighted by atomic mass is 10.00. The zero-order valence-corrected chi connectivity index (χ0v) is 13.3. The molecule has 3 rings (SSSR count). The van der Waals surface area contributed by atoms with E-state index < -0.39 is 5.78 Å². The van der Waals surface area contributed by atoms with Crippen LogP contribution in [0.3, 0.4) is 0 Å². The maximum absolute atomic E-state index is 12.6. The normalized spacial score (nSPS) is 10.5. The van der Waals surface area contributed by atoms with Gasteiger partial charge in [0, 0.05) is 16.0 Å². The van der Waals surface area contributed by atoms with Crippen LogP contribution in [-0.4, -0.2) is 21.2 Å². The van der Waals surface area contributed by atoms with Gasteiger partial charge in [-0.05, 0) is 30.3 Å². The summed E-state index contributed by atoms with van der Waals surface area (Å²) in [6.45, 7) is 0.148. The molecule has 0 aliphatic heterocycles. The van der Waals surface area contributed by atoms with E-state index >= 15 is 0 Å². The molecule has 0 aliphatic rings. The van der Waals surface area contributed by atoms with Crippen molar-refractivity contribution in [3.05, 3.63) is 64.7 Å². The number of nitrogens with one attached hydrogen (secondary N) is 1. The van der Waals surface area contributed by atoms with Crippen LogP contribution in [0.15, 0.2) is 48.5 Å². The zero-order chi connectivity index (χ0) is 17.3. The molecule has 0 aliphatic carbocycles. The highest BCUT2D eigenvalue weighted by atomic mass is 35.5. The van der Waals surface area contributed by atoms with E-state index in [2.05, 4.69) is 5.92 Å². The fourth-order valence-electron chi connectivity index (χ4n) is 2.65. The fourth-order valence-corrected chi connectivity index (χ4v) is 2.77. The predicted octanol–water partition coefficient (Wildman–Crippen LogP) is 3.88. The van der Waals surface area contributed by atoms with Crippen LogP contribution in [0.25, 0.3) is 10.9 Å². The second-order valence-corrected chi connectivity index (χ2v) is 5.65. The summed E-state index contributed by atoms with van der Waals surface area (Å²) in [5, 5.41) is 19.9. The zero-order valence-electron chi connectivity index (χ0n) is 12.6. The largest absolute Gasteiger partial charge is 0.494 e. The Morgan fingerprint density at radius 2 is 1.88 bits per heavy atom. The number of terminal acetylenes is 1. The van der Waals surface area contributed by atoms with Gasteiger partial charge in [0.15, 0.2) is 0 Å². The average molecular weight is 337 g/mol. The first kappa shape index (κ1) is 15.9. The van der Waals surface area contributed by atoms with Gasteiger partial charge in [0.05, 0.1) is 17.6 Å². The first-order valence-corrected chi connectivity index (χ1v) is 7.55. The van der Waals surface area contributed by atoms with Gasteiger partial charge in [-0.1, -0.05) is 35.7 Å². The molecule has 1 heterocycles. The van der Waals surface area contributed by atoms with Gasteiger partial charge in [-0.2, -0.15) is 0 Å². The third-order valence-electron chi connectivity index (χ3n) is 3.78. The van der Waals surface area contributed by atoms with E-state index in [1.807, 2.05) is 6.07 Å². The summed E-state index contributed by atoms with van der Waals surface area (Å²) < 4.78 is 1.51. The van der Waals surface area contributed by atoms with E-state index in [1.165, 1.54) is 4.57 Å². The van der Waals surface area contributed by atoms with Crippen molar-refractivity contribution in [2.45, 2.75) is 6.54 Å². The number of carbonyl (C=O) groups is 1. The van der Waals surface area contributed by atoms with E-state index in [1.54, 1.807) is 42.5 Å². The minimum atomic E-state index is -0.495. The fraction of sp³-hybridized carbons (Fsp3) is 0.0526. The molecule has 0 fully saturated rings. The molecular weight excluding hydrogens is 324 g/mol. The van der Waals surface area contributed by atoms with Gasteiger partial charge in [0.2, 0.25) is 11.7 Å². The number of para-hydroxylation sites is 1. The quantitative estimate of drug-likeness (QED) is 0.431. The number of fused-ring (bicyclic) bond motifs is 1. The number of hydrogen-bond acceptors (Lipinski definition) is 3. The Balaban J connectivity index is 2.13. The Labute approximate surface area is 143 Å². The molecule has 0 saturated carbocycles. The topological polar surface area (TPSA) is 66.1 Å². The van der Waals surface area contributed by atoms with Crippen LogP contribution < -0.4 is 0 Å². The Hall–Kier alpha value is -3.03. The summed E-state index contributed by atoms with van der Waals surface area (Å²) in [7, 11) is 0. The molecule has 2 aromatic carbocycles. The van der Waals surface area contributed by atoms with Crippen LogP contribution in [0.2, 0.25) is 5.02 Å². The van der Waals surface area contributed by atoms with Crippen molar-refractivity contribution in [2.24, 2.45) is 0 Å². The minimum absolute atomic E-state index is 0.148. The highest BCUT2D eigenvalue weighted by Gasteiger charge is 2.24. The average Bonchev–Trinajstić information content (AvgIpc) is 2.87. The number of rotatable bonds is 4. The number of Topliss-reactive ketones (excluding diaryl/α,β-unsaturated/α-hetero) is 1. The molecule has 3 aromatic rings. The van der Waals surface area contributed by atoms with Crippen molar-refractivity contribution in [3.63, 3.8) is 0 Å². The van der Waals surface area contributed by atoms with Gasteiger partial charge in [-0.15, -0.1) is 6.42 Å². The van der Waals surface area contributed by atoms with E-state index in [4.69, 9.17) is 23.4 Å². The molecule has 1 aromatic heterocycles. The number of aromatic hydroxyl groups is 1. The number of ketones is 1. The van der Waals surface area contributed by atoms with Crippen molar-refractivity contribution < 1.29 is 9.90 Å². The van der Waals surface area contributed by atoms with Gasteiger partial charge in [-0.25, -0.2) is 0 Å². The molecule has 0 amide bonds. The SMILES string of the molecule is C#CCn1c(O)c(C(=N)C(=O)c2ccc(Cl)cc2)c2ccccc21. The van der Waals surface area contributed by atoms with E-state index in [9.17, 15) is 9.90 Å². The molecule has 5 heteroatoms. The minimum Gasteiger partial charge on any atom is -0.494 e. The summed E-state index contributed by atoms with van der Waals surface area (Å²) in [6.07, 6.45) is 5.36. The predicted molar refractivity (Wildman–Crippen MR) is 95.0 cm³/mol. The smallest absolute Gasteiger partial charge is 0.211 e. The first-order chi connectivity index (χ1) is 11.5. The highest BCUT2D eigenvalue weighted by Crippen LogP contribution is 2.32. The molecule has 24 heavy (non-hydrogen) atoms. The summed E-state index contributed by atoms with van der Waals surface area (Å²) in [5.74, 6) is 1.80. The highest BCUT2D eigenvalue weighted by molar-refractivity contribution is 6.52. The molecule has 4 nitrogen and oxygen atoms in total. The summed E-state index contributed by atoms with van der Waals surface area (Å²) >= 11 is 5.83. The molecule has 0 saturated heterocycles. The van der Waals surface area contributed by atoms with Crippen molar-refractivity contribution in [1.82, 2.24) is 4.57 Å². The Bertz CT molecular complexity index is 995. The van der Waals surface area contributed by atoms with Crippen LogP contribution in [0.5, 0.6) is 5.88 Å². The Morgan fingerprint density at radius 1 is 1.21 bits per heavy atom. The lowest BCUT2D eigenvalue weighted by Gasteiger charge is -2.05. The maximum Gasteiger partial charge on any atom is 0.211 e. The van der Waals surface area contributed by atoms with E-state index in [0.717, 1.165) is 0 Å². The number of hydrogen-bond donors (Lipinski definition) is 2. The summed E-state index contributed by atoms with van der Waals surface area (Å²) in [6, 6.07) is 13.4. The van der Waals surface area contributed by atoms with Crippen LogP contribution in [0.4, 0.5) is 0 Å². The number of aromatic nitrogens is 1. The van der Waals surface area contributed by atoms with E-state index in [-0.39, 0.29) is 23.7 Å². The summed E-state index contributed by atoms with van der Waals surface area (Å²) in [4.78, 5) is 12.6. The standard InChI is InChI=1S/C19H13ClN2O2/c1-2-11-22-15-6-4-3-5-14(15)16(19(22)24)17(21)18(23)12-7-9-13(20)10-8-12/h1,3-10,21,24H,11H2. The third kappa shape index (κ3) is 2.55. The van der Waals surface area contributed by atoms with Crippen molar-refractivity contribution in [1.29, 1.82) is 5.41 Å². The molecule has 0 spiro atoms. The summed E-state index contributed by atoms with van der Waals surface area (Å²) in [5.41, 5.74) is 0.900. The van der Waals surface area contributed by atoms with Gasteiger partial charge in [0.1, 0.15) is 5.71 Å². The van der Waals surface area contributed by atoms with Gasteiger partial charge in [-0.3, -0.25) is 10.2 Å². The van der Waals surface area contributed by atoms with Crippen LogP contribution in [-0.2, 0) is 6.54 Å². The van der Waals surface area contributed by atoms with Gasteiger partial charge >= 0.3 is 0 Å². The molecule has 0 radical (unpaired) electrons. The molecule has 0 bridgehead atoms. The second-order valence-electron chi connectivity index (χ2n) is 5.22. The van der Waals surface area contributed by atoms with Crippen molar-refractivity contribution in [3.8, 4) is 18.2 Å². The molecule has 118 valence electrons. The number of benzene rings is 2. The number of nitrogens with zero attached hydrogens (tertiary/aromatic N) is 1. The molecule has 0 atom stereocenters. The van der Waals surface area contributed by atoms with Crippen molar-refractivity contribution >= 4 is 34.0 Å². The molecule has 0 unspecified atom stereocenters. The van der Waals surface area contributed by atoms with Crippen LogP contribution in [0.1, 0.15) is 15.9 Å². The first-order valence-electron chi connectivity index (χ1n) is 7.17. The number of halogens is 1. The lowest BCUT2D eigenvalue weighted by molar-refractivity contribution is 0.106. The van der Waals surface area contributed by atoms with Crippen LogP contribution >= 0.6 is 11.6 Å². The molecular formula is C19H13ClN2O2. The lowest BCUT2D eigenvalue weighted by Crippen LogP contribution is -2.14. The Kier molecular flexibility index (Phi) is 4.11. The second kappa shape index (κ2) is 6.23. The molecule has 2 N–H and O–H groups in total. The van der Waals surface area contributed by atoms with E-state index in [0.29, 0.717) is 21.5 Å². The monoisotopic (exact) mass is 336 g/mol. The maximum atomic E-state index is 12.6.